The van der Waals surface area contributed by atoms with Crippen molar-refractivity contribution in [1.29, 1.82) is 0 Å². The smallest absolute Gasteiger partial charge is 0.244 e. The van der Waals surface area contributed by atoms with Crippen LogP contribution in [0.5, 0.6) is 5.75 Å². The lowest BCUT2D eigenvalue weighted by Crippen LogP contribution is -2.20. The maximum Gasteiger partial charge on any atom is 0.244 e. The van der Waals surface area contributed by atoms with E-state index in [0.29, 0.717) is 17.4 Å². The van der Waals surface area contributed by atoms with Crippen molar-refractivity contribution in [2.24, 2.45) is 5.10 Å². The lowest BCUT2D eigenvalue weighted by atomic mass is 10.1. The summed E-state index contributed by atoms with van der Waals surface area (Å²) in [6.07, 6.45) is 3.76. The van der Waals surface area contributed by atoms with Gasteiger partial charge in [0.25, 0.3) is 0 Å². The van der Waals surface area contributed by atoms with Crippen LogP contribution in [0.25, 0.3) is 0 Å². The van der Waals surface area contributed by atoms with Gasteiger partial charge in [-0.25, -0.2) is 5.43 Å². The van der Waals surface area contributed by atoms with Crippen molar-refractivity contribution in [3.05, 3.63) is 94.5 Å². The first-order valence-corrected chi connectivity index (χ1v) is 10.7. The summed E-state index contributed by atoms with van der Waals surface area (Å²) in [5, 5.41) is 4.70. The van der Waals surface area contributed by atoms with Gasteiger partial charge >= 0.3 is 0 Å². The van der Waals surface area contributed by atoms with Gasteiger partial charge in [-0.05, 0) is 47.7 Å². The van der Waals surface area contributed by atoms with Gasteiger partial charge in [0.1, 0.15) is 12.4 Å². The molecule has 1 N–H and O–H groups in total. The van der Waals surface area contributed by atoms with E-state index in [1.807, 2.05) is 79.1 Å². The highest BCUT2D eigenvalue weighted by molar-refractivity contribution is 7.98. The molecule has 0 aliphatic rings. The number of hydrogen-bond acceptors (Lipinski definition) is 4. The van der Waals surface area contributed by atoms with Crippen molar-refractivity contribution in [2.75, 3.05) is 6.26 Å². The molecular weight excluding hydrogens is 404 g/mol. The summed E-state index contributed by atoms with van der Waals surface area (Å²) in [4.78, 5) is 13.3. The fourth-order valence-corrected chi connectivity index (χ4v) is 3.52. The first kappa shape index (κ1) is 21.0. The minimum Gasteiger partial charge on any atom is -0.488 e. The van der Waals surface area contributed by atoms with Crippen LogP contribution in [-0.2, 0) is 17.8 Å². The molecule has 0 heterocycles. The molecule has 0 fully saturated rings. The monoisotopic (exact) mass is 424 g/mol. The Morgan fingerprint density at radius 3 is 2.66 bits per heavy atom. The second-order valence-corrected chi connectivity index (χ2v) is 7.52. The maximum absolute atomic E-state index is 12.3. The first-order valence-electron chi connectivity index (χ1n) is 9.06. The number of hydrazone groups is 1. The molecule has 148 valence electrons. The van der Waals surface area contributed by atoms with Gasteiger partial charge in [-0.1, -0.05) is 54.1 Å². The number of benzene rings is 3. The predicted molar refractivity (Wildman–Crippen MR) is 120 cm³/mol. The van der Waals surface area contributed by atoms with Gasteiger partial charge in [0.15, 0.2) is 0 Å². The third-order valence-corrected chi connectivity index (χ3v) is 5.22. The first-order chi connectivity index (χ1) is 14.2. The highest BCUT2D eigenvalue weighted by atomic mass is 35.5. The molecule has 0 spiro atoms. The van der Waals surface area contributed by atoms with E-state index in [-0.39, 0.29) is 12.3 Å². The molecule has 0 unspecified atom stereocenters. The number of halogens is 1. The molecule has 0 aliphatic carbocycles. The van der Waals surface area contributed by atoms with E-state index in [0.717, 1.165) is 21.6 Å². The van der Waals surface area contributed by atoms with Gasteiger partial charge in [0, 0.05) is 15.5 Å². The molecular formula is C23H21ClN2O2S. The summed E-state index contributed by atoms with van der Waals surface area (Å²) in [5.41, 5.74) is 5.32. The van der Waals surface area contributed by atoms with E-state index in [9.17, 15) is 4.79 Å². The van der Waals surface area contributed by atoms with Crippen molar-refractivity contribution in [3.63, 3.8) is 0 Å². The summed E-state index contributed by atoms with van der Waals surface area (Å²) in [6.45, 7) is 0.463. The highest BCUT2D eigenvalue weighted by Gasteiger charge is 2.08. The van der Waals surface area contributed by atoms with E-state index in [4.69, 9.17) is 16.3 Å². The van der Waals surface area contributed by atoms with E-state index in [1.54, 1.807) is 18.0 Å². The Morgan fingerprint density at radius 2 is 1.86 bits per heavy atom. The molecule has 29 heavy (non-hydrogen) atoms. The Kier molecular flexibility index (Phi) is 7.73. The van der Waals surface area contributed by atoms with Crippen LogP contribution in [0.3, 0.4) is 0 Å². The van der Waals surface area contributed by atoms with Crippen LogP contribution in [0.4, 0.5) is 0 Å². The van der Waals surface area contributed by atoms with Crippen LogP contribution >= 0.6 is 23.4 Å². The molecule has 3 aromatic rings. The van der Waals surface area contributed by atoms with Crippen molar-refractivity contribution in [2.45, 2.75) is 17.9 Å². The second-order valence-electron chi connectivity index (χ2n) is 6.24. The van der Waals surface area contributed by atoms with E-state index >= 15 is 0 Å². The average Bonchev–Trinajstić information content (AvgIpc) is 2.74. The molecule has 0 radical (unpaired) electrons. The summed E-state index contributed by atoms with van der Waals surface area (Å²) >= 11 is 7.63. The van der Waals surface area contributed by atoms with Crippen molar-refractivity contribution < 1.29 is 9.53 Å². The highest BCUT2D eigenvalue weighted by Crippen LogP contribution is 2.24. The van der Waals surface area contributed by atoms with Gasteiger partial charge in [0.2, 0.25) is 5.91 Å². The molecule has 0 bridgehead atoms. The molecule has 3 rings (SSSR count). The fourth-order valence-electron chi connectivity index (χ4n) is 2.73. The van der Waals surface area contributed by atoms with Gasteiger partial charge in [0.05, 0.1) is 12.6 Å². The summed E-state index contributed by atoms with van der Waals surface area (Å²) in [7, 11) is 0. The predicted octanol–water partition coefficient (Wildman–Crippen LogP) is 5.33. The number of carbonyl (C=O) groups excluding carboxylic acids is 1. The molecule has 1 amide bonds. The van der Waals surface area contributed by atoms with Crippen molar-refractivity contribution in [1.82, 2.24) is 5.43 Å². The average molecular weight is 425 g/mol. The largest absolute Gasteiger partial charge is 0.488 e. The van der Waals surface area contributed by atoms with Crippen LogP contribution < -0.4 is 10.2 Å². The Labute approximate surface area is 179 Å². The number of ether oxygens (including phenoxy) is 1. The topological polar surface area (TPSA) is 50.7 Å². The zero-order chi connectivity index (χ0) is 20.5. The Hall–Kier alpha value is -2.76. The number of thioether (sulfide) groups is 1. The minimum atomic E-state index is -0.207. The Morgan fingerprint density at radius 1 is 1.10 bits per heavy atom. The fraction of sp³-hybridized carbons (Fsp3) is 0.130. The molecule has 0 aliphatic heterocycles. The summed E-state index contributed by atoms with van der Waals surface area (Å²) in [6, 6.07) is 23.1. The van der Waals surface area contributed by atoms with Crippen LogP contribution in [0.1, 0.15) is 16.7 Å². The number of para-hydroxylation sites is 1. The van der Waals surface area contributed by atoms with E-state index in [2.05, 4.69) is 10.5 Å². The minimum absolute atomic E-state index is 0.207. The van der Waals surface area contributed by atoms with Crippen LogP contribution in [0.15, 0.2) is 82.8 Å². The molecule has 6 heteroatoms. The van der Waals surface area contributed by atoms with E-state index < -0.39 is 0 Å². The SMILES string of the molecule is CSc1ccc(Cl)cc1CC(=O)N/N=C\c1ccccc1OCc1ccccc1. The number of rotatable bonds is 8. The van der Waals surface area contributed by atoms with Gasteiger partial charge in [-0.2, -0.15) is 5.10 Å². The number of carbonyl (C=O) groups is 1. The molecule has 4 nitrogen and oxygen atoms in total. The normalized spacial score (nSPS) is 10.8. The quantitative estimate of drug-likeness (QED) is 0.302. The Balaban J connectivity index is 1.60. The number of nitrogens with one attached hydrogen (secondary N) is 1. The number of nitrogens with zero attached hydrogens (tertiary/aromatic N) is 1. The van der Waals surface area contributed by atoms with Gasteiger partial charge in [-0.15, -0.1) is 11.8 Å². The molecule has 0 aromatic heterocycles. The van der Waals surface area contributed by atoms with Gasteiger partial charge < -0.3 is 4.74 Å². The molecule has 0 saturated heterocycles. The third-order valence-electron chi connectivity index (χ3n) is 4.14. The lowest BCUT2D eigenvalue weighted by Gasteiger charge is -2.09. The van der Waals surface area contributed by atoms with Crippen LogP contribution in [0, 0.1) is 0 Å². The van der Waals surface area contributed by atoms with E-state index in [1.165, 1.54) is 0 Å². The molecule has 0 saturated carbocycles. The van der Waals surface area contributed by atoms with Crippen LogP contribution in [0.2, 0.25) is 5.02 Å². The number of amides is 1. The zero-order valence-corrected chi connectivity index (χ0v) is 17.5. The number of hydrogen-bond donors (Lipinski definition) is 1. The van der Waals surface area contributed by atoms with Crippen LogP contribution in [-0.4, -0.2) is 18.4 Å². The third kappa shape index (κ3) is 6.38. The summed E-state index contributed by atoms with van der Waals surface area (Å²) < 4.78 is 5.90. The zero-order valence-electron chi connectivity index (χ0n) is 16.0. The van der Waals surface area contributed by atoms with Crippen molar-refractivity contribution in [3.8, 4) is 5.75 Å². The lowest BCUT2D eigenvalue weighted by molar-refractivity contribution is -0.120. The molecule has 0 atom stereocenters. The second kappa shape index (κ2) is 10.7. The van der Waals surface area contributed by atoms with Gasteiger partial charge in [-0.3, -0.25) is 4.79 Å². The maximum atomic E-state index is 12.3. The summed E-state index contributed by atoms with van der Waals surface area (Å²) in [5.74, 6) is 0.496. The molecule has 3 aromatic carbocycles. The van der Waals surface area contributed by atoms with Crippen molar-refractivity contribution >= 4 is 35.5 Å². The Bertz CT molecular complexity index is 993. The standard InChI is InChI=1S/C23H21ClN2O2S/c1-29-22-12-11-20(24)13-19(22)14-23(27)26-25-15-18-9-5-6-10-21(18)28-16-17-7-3-2-4-8-17/h2-13,15H,14,16H2,1H3,(H,26,27)/b25-15-.